The highest BCUT2D eigenvalue weighted by Gasteiger charge is 2.18. The molecule has 1 unspecified atom stereocenters. The number of nitriles is 1. The van der Waals surface area contributed by atoms with E-state index in [0.29, 0.717) is 5.92 Å². The van der Waals surface area contributed by atoms with Crippen molar-refractivity contribution >= 4 is 0 Å². The summed E-state index contributed by atoms with van der Waals surface area (Å²) in [5.74, 6) is 0.981. The van der Waals surface area contributed by atoms with Gasteiger partial charge in [0.15, 0.2) is 0 Å². The van der Waals surface area contributed by atoms with Gasteiger partial charge >= 0.3 is 0 Å². The van der Waals surface area contributed by atoms with Crippen LogP contribution in [0.3, 0.4) is 0 Å². The number of nitrogens with zero attached hydrogens (tertiary/aromatic N) is 2. The molecule has 1 heterocycles. The van der Waals surface area contributed by atoms with Crippen molar-refractivity contribution in [2.24, 2.45) is 5.92 Å². The zero-order valence-corrected chi connectivity index (χ0v) is 8.55. The summed E-state index contributed by atoms with van der Waals surface area (Å²) in [6.07, 6.45) is 0. The van der Waals surface area contributed by atoms with E-state index in [1.54, 1.807) is 0 Å². The van der Waals surface area contributed by atoms with Crippen LogP contribution >= 0.6 is 0 Å². The number of H-pyrrole nitrogens is 1. The Labute approximate surface area is 78.8 Å². The quantitative estimate of drug-likeness (QED) is 0.753. The van der Waals surface area contributed by atoms with E-state index in [9.17, 15) is 0 Å². The van der Waals surface area contributed by atoms with Gasteiger partial charge in [0.1, 0.15) is 11.7 Å². The fourth-order valence-corrected chi connectivity index (χ4v) is 1.25. The molecule has 1 atom stereocenters. The van der Waals surface area contributed by atoms with Crippen LogP contribution in [-0.4, -0.2) is 9.97 Å². The molecule has 1 aromatic rings. The lowest BCUT2D eigenvalue weighted by atomic mass is 9.97. The van der Waals surface area contributed by atoms with E-state index < -0.39 is 0 Å². The van der Waals surface area contributed by atoms with Gasteiger partial charge in [-0.3, -0.25) is 0 Å². The maximum Gasteiger partial charge on any atom is 0.124 e. The lowest BCUT2D eigenvalue weighted by molar-refractivity contribution is 0.565. The molecular weight excluding hydrogens is 162 g/mol. The smallest absolute Gasteiger partial charge is 0.124 e. The van der Waals surface area contributed by atoms with Crippen molar-refractivity contribution in [1.29, 1.82) is 5.26 Å². The number of aromatic nitrogens is 2. The average Bonchev–Trinajstić information content (AvgIpc) is 2.32. The molecule has 0 bridgehead atoms. The van der Waals surface area contributed by atoms with Gasteiger partial charge in [-0.25, -0.2) is 4.98 Å². The van der Waals surface area contributed by atoms with Crippen molar-refractivity contribution in [2.75, 3.05) is 0 Å². The minimum atomic E-state index is -0.118. The molecule has 0 amide bonds. The van der Waals surface area contributed by atoms with Gasteiger partial charge < -0.3 is 4.98 Å². The standard InChI is InChI=1S/C10H15N3/c1-6(2)9(5-11)10-12-7(3)8(4)13-10/h6,9H,1-4H3,(H,12,13). The highest BCUT2D eigenvalue weighted by Crippen LogP contribution is 2.21. The molecule has 3 nitrogen and oxygen atoms in total. The number of rotatable bonds is 2. The van der Waals surface area contributed by atoms with E-state index in [1.807, 2.05) is 27.7 Å². The first-order valence-corrected chi connectivity index (χ1v) is 4.49. The SMILES string of the molecule is Cc1nc(C(C#N)C(C)C)[nH]c1C. The summed E-state index contributed by atoms with van der Waals surface area (Å²) in [6, 6.07) is 2.26. The summed E-state index contributed by atoms with van der Waals surface area (Å²) in [5.41, 5.74) is 2.03. The molecule has 3 heteroatoms. The molecule has 0 saturated carbocycles. The zero-order valence-electron chi connectivity index (χ0n) is 8.55. The maximum atomic E-state index is 8.94. The van der Waals surface area contributed by atoms with E-state index in [1.165, 1.54) is 0 Å². The summed E-state index contributed by atoms with van der Waals surface area (Å²) in [6.45, 7) is 7.98. The van der Waals surface area contributed by atoms with Gasteiger partial charge in [-0.05, 0) is 19.8 Å². The van der Waals surface area contributed by atoms with Crippen molar-refractivity contribution in [3.63, 3.8) is 0 Å². The second-order valence-corrected chi connectivity index (χ2v) is 3.68. The van der Waals surface area contributed by atoms with Crippen molar-refractivity contribution in [3.05, 3.63) is 17.2 Å². The van der Waals surface area contributed by atoms with Gasteiger partial charge in [-0.15, -0.1) is 0 Å². The third kappa shape index (κ3) is 1.89. The van der Waals surface area contributed by atoms with Crippen LogP contribution < -0.4 is 0 Å². The third-order valence-electron chi connectivity index (χ3n) is 2.25. The predicted molar refractivity (Wildman–Crippen MR) is 51.3 cm³/mol. The molecule has 0 spiro atoms. The topological polar surface area (TPSA) is 52.5 Å². The number of hydrogen-bond donors (Lipinski definition) is 1. The van der Waals surface area contributed by atoms with Crippen LogP contribution in [0.4, 0.5) is 0 Å². The van der Waals surface area contributed by atoms with Crippen molar-refractivity contribution in [1.82, 2.24) is 9.97 Å². The minimum absolute atomic E-state index is 0.118. The Morgan fingerprint density at radius 1 is 1.38 bits per heavy atom. The van der Waals surface area contributed by atoms with E-state index in [2.05, 4.69) is 16.0 Å². The summed E-state index contributed by atoms with van der Waals surface area (Å²) in [4.78, 5) is 7.47. The van der Waals surface area contributed by atoms with Crippen LogP contribution in [0.1, 0.15) is 37.0 Å². The number of aromatic amines is 1. The first-order chi connectivity index (χ1) is 6.06. The summed E-state index contributed by atoms with van der Waals surface area (Å²) >= 11 is 0. The zero-order chi connectivity index (χ0) is 10.0. The molecule has 0 aliphatic heterocycles. The Bertz CT molecular complexity index is 311. The molecule has 0 aromatic carbocycles. The van der Waals surface area contributed by atoms with Gasteiger partial charge in [0.05, 0.1) is 11.8 Å². The number of nitrogens with one attached hydrogen (secondary N) is 1. The first kappa shape index (κ1) is 9.79. The van der Waals surface area contributed by atoms with Crippen molar-refractivity contribution in [2.45, 2.75) is 33.6 Å². The Hall–Kier alpha value is -1.30. The second-order valence-electron chi connectivity index (χ2n) is 3.68. The Kier molecular flexibility index (Phi) is 2.72. The van der Waals surface area contributed by atoms with E-state index in [4.69, 9.17) is 5.26 Å². The molecule has 0 aliphatic rings. The highest BCUT2D eigenvalue weighted by atomic mass is 14.9. The van der Waals surface area contributed by atoms with Crippen LogP contribution in [0.5, 0.6) is 0 Å². The molecule has 13 heavy (non-hydrogen) atoms. The monoisotopic (exact) mass is 177 g/mol. The van der Waals surface area contributed by atoms with Crippen molar-refractivity contribution < 1.29 is 0 Å². The number of aryl methyl sites for hydroxylation is 2. The van der Waals surface area contributed by atoms with Gasteiger partial charge in [0, 0.05) is 5.69 Å². The summed E-state index contributed by atoms with van der Waals surface area (Å²) < 4.78 is 0. The number of imidazole rings is 1. The fourth-order valence-electron chi connectivity index (χ4n) is 1.25. The van der Waals surface area contributed by atoms with Crippen LogP contribution in [-0.2, 0) is 0 Å². The van der Waals surface area contributed by atoms with Gasteiger partial charge in [0.2, 0.25) is 0 Å². The lowest BCUT2D eigenvalue weighted by Crippen LogP contribution is -2.06. The Morgan fingerprint density at radius 3 is 2.31 bits per heavy atom. The first-order valence-electron chi connectivity index (χ1n) is 4.49. The van der Waals surface area contributed by atoms with Gasteiger partial charge in [0.25, 0.3) is 0 Å². The largest absolute Gasteiger partial charge is 0.345 e. The van der Waals surface area contributed by atoms with Crippen LogP contribution in [0.25, 0.3) is 0 Å². The van der Waals surface area contributed by atoms with Crippen LogP contribution in [0.2, 0.25) is 0 Å². The molecule has 0 saturated heterocycles. The van der Waals surface area contributed by atoms with Crippen molar-refractivity contribution in [3.8, 4) is 6.07 Å². The molecule has 70 valence electrons. The molecular formula is C10H15N3. The molecule has 0 radical (unpaired) electrons. The summed E-state index contributed by atoms with van der Waals surface area (Å²) in [5, 5.41) is 8.94. The van der Waals surface area contributed by atoms with E-state index in [-0.39, 0.29) is 5.92 Å². The summed E-state index contributed by atoms with van der Waals surface area (Å²) in [7, 11) is 0. The van der Waals surface area contributed by atoms with Gasteiger partial charge in [-0.1, -0.05) is 13.8 Å². The third-order valence-corrected chi connectivity index (χ3v) is 2.25. The Balaban J connectivity index is 3.00. The lowest BCUT2D eigenvalue weighted by Gasteiger charge is -2.08. The van der Waals surface area contributed by atoms with E-state index >= 15 is 0 Å². The minimum Gasteiger partial charge on any atom is -0.345 e. The van der Waals surface area contributed by atoms with Crippen LogP contribution in [0, 0.1) is 31.1 Å². The molecule has 1 aromatic heterocycles. The Morgan fingerprint density at radius 2 is 2.00 bits per heavy atom. The molecule has 1 rings (SSSR count). The molecule has 1 N–H and O–H groups in total. The van der Waals surface area contributed by atoms with Crippen LogP contribution in [0.15, 0.2) is 0 Å². The maximum absolute atomic E-state index is 8.94. The molecule has 0 fully saturated rings. The predicted octanol–water partition coefficient (Wildman–Crippen LogP) is 2.29. The molecule has 0 aliphatic carbocycles. The average molecular weight is 177 g/mol. The second kappa shape index (κ2) is 3.61. The normalized spacial score (nSPS) is 12.9. The highest BCUT2D eigenvalue weighted by molar-refractivity contribution is 5.18. The van der Waals surface area contributed by atoms with Gasteiger partial charge in [-0.2, -0.15) is 5.26 Å². The fraction of sp³-hybridized carbons (Fsp3) is 0.600. The number of hydrogen-bond acceptors (Lipinski definition) is 2. The van der Waals surface area contributed by atoms with E-state index in [0.717, 1.165) is 17.2 Å².